The van der Waals surface area contributed by atoms with Crippen LogP contribution in [-0.4, -0.2) is 36.9 Å². The third kappa shape index (κ3) is 3.29. The summed E-state index contributed by atoms with van der Waals surface area (Å²) in [6.45, 7) is 8.65. The van der Waals surface area contributed by atoms with Crippen LogP contribution in [-0.2, 0) is 0 Å². The summed E-state index contributed by atoms with van der Waals surface area (Å²) in [4.78, 5) is 15.0. The highest BCUT2D eigenvalue weighted by molar-refractivity contribution is 5.99. The Morgan fingerprint density at radius 1 is 1.29 bits per heavy atom. The second-order valence-electron chi connectivity index (χ2n) is 6.20. The van der Waals surface area contributed by atoms with Gasteiger partial charge in [0, 0.05) is 12.1 Å². The number of methoxy groups -OCH3 is 1. The minimum absolute atomic E-state index is 0.0432. The van der Waals surface area contributed by atoms with Crippen molar-refractivity contribution in [3.63, 3.8) is 0 Å². The van der Waals surface area contributed by atoms with Crippen LogP contribution in [0.2, 0.25) is 0 Å². The molecule has 1 aromatic carbocycles. The summed E-state index contributed by atoms with van der Waals surface area (Å²) < 4.78 is 5.14. The fourth-order valence-corrected chi connectivity index (χ4v) is 3.29. The summed E-state index contributed by atoms with van der Waals surface area (Å²) >= 11 is 0. The van der Waals surface area contributed by atoms with E-state index in [2.05, 4.69) is 18.7 Å². The number of ether oxygens (including phenoxy) is 1. The molecule has 1 saturated heterocycles. The van der Waals surface area contributed by atoms with E-state index in [1.54, 1.807) is 7.11 Å². The number of likely N-dealkylation sites (tertiary alicyclic amines) is 1. The molecular formula is C18H27NO2. The van der Waals surface area contributed by atoms with Gasteiger partial charge in [0.05, 0.1) is 13.2 Å². The van der Waals surface area contributed by atoms with E-state index in [0.29, 0.717) is 5.41 Å². The van der Waals surface area contributed by atoms with E-state index in [4.69, 9.17) is 4.74 Å². The maximum atomic E-state index is 12.6. The zero-order valence-corrected chi connectivity index (χ0v) is 13.7. The summed E-state index contributed by atoms with van der Waals surface area (Å²) in [6, 6.07) is 7.39. The third-order valence-electron chi connectivity index (χ3n) is 5.27. The number of carbonyl (C=O) groups excluding carboxylic acids is 1. The van der Waals surface area contributed by atoms with Crippen molar-refractivity contribution in [2.24, 2.45) is 5.41 Å². The monoisotopic (exact) mass is 289 g/mol. The van der Waals surface area contributed by atoms with Crippen molar-refractivity contribution in [2.75, 3.05) is 20.2 Å². The number of Topliss-reactive ketones (excluding diaryl/α,β-unsaturated/α-hetero) is 1. The van der Waals surface area contributed by atoms with Crippen molar-refractivity contribution in [3.8, 4) is 5.75 Å². The number of hydrogen-bond acceptors (Lipinski definition) is 3. The second-order valence-corrected chi connectivity index (χ2v) is 6.20. The molecule has 1 aliphatic rings. The van der Waals surface area contributed by atoms with Crippen LogP contribution in [0, 0.1) is 5.41 Å². The Morgan fingerprint density at radius 3 is 2.38 bits per heavy atom. The van der Waals surface area contributed by atoms with Crippen molar-refractivity contribution < 1.29 is 9.53 Å². The van der Waals surface area contributed by atoms with E-state index >= 15 is 0 Å². The van der Waals surface area contributed by atoms with Gasteiger partial charge in [-0.15, -0.1) is 0 Å². The van der Waals surface area contributed by atoms with E-state index in [1.807, 2.05) is 31.2 Å². The Hall–Kier alpha value is -1.35. The van der Waals surface area contributed by atoms with Gasteiger partial charge >= 0.3 is 0 Å². The second kappa shape index (κ2) is 6.61. The Bertz CT molecular complexity index is 476. The number of ketones is 1. The molecule has 3 heteroatoms. The number of nitrogens with zero attached hydrogens (tertiary/aromatic N) is 1. The average Bonchev–Trinajstić information content (AvgIpc) is 2.98. The Morgan fingerprint density at radius 2 is 1.90 bits per heavy atom. The molecular weight excluding hydrogens is 262 g/mol. The van der Waals surface area contributed by atoms with Crippen molar-refractivity contribution in [1.29, 1.82) is 0 Å². The topological polar surface area (TPSA) is 29.5 Å². The molecule has 3 nitrogen and oxygen atoms in total. The van der Waals surface area contributed by atoms with Crippen LogP contribution in [0.15, 0.2) is 24.3 Å². The van der Waals surface area contributed by atoms with E-state index in [9.17, 15) is 4.79 Å². The SMILES string of the molecule is CCC1(CC)CCN(C(C)C(=O)c2ccc(OC)cc2)C1. The maximum absolute atomic E-state index is 12.6. The first-order valence-electron chi connectivity index (χ1n) is 7.97. The summed E-state index contributed by atoms with van der Waals surface area (Å²) in [5.74, 6) is 0.997. The molecule has 21 heavy (non-hydrogen) atoms. The van der Waals surface area contributed by atoms with Crippen LogP contribution in [0.25, 0.3) is 0 Å². The average molecular weight is 289 g/mol. The van der Waals surface area contributed by atoms with Gasteiger partial charge in [0.25, 0.3) is 0 Å². The zero-order chi connectivity index (χ0) is 15.5. The van der Waals surface area contributed by atoms with Gasteiger partial charge in [-0.3, -0.25) is 9.69 Å². The molecule has 0 bridgehead atoms. The minimum Gasteiger partial charge on any atom is -0.497 e. The van der Waals surface area contributed by atoms with Crippen LogP contribution >= 0.6 is 0 Å². The van der Waals surface area contributed by atoms with Gasteiger partial charge in [-0.2, -0.15) is 0 Å². The smallest absolute Gasteiger partial charge is 0.179 e. The summed E-state index contributed by atoms with van der Waals surface area (Å²) in [7, 11) is 1.64. The van der Waals surface area contributed by atoms with Crippen molar-refractivity contribution >= 4 is 5.78 Å². The largest absolute Gasteiger partial charge is 0.497 e. The van der Waals surface area contributed by atoms with Crippen LogP contribution in [0.1, 0.15) is 50.4 Å². The molecule has 1 heterocycles. The van der Waals surface area contributed by atoms with Gasteiger partial charge in [-0.25, -0.2) is 0 Å². The first-order chi connectivity index (χ1) is 10.0. The Kier molecular flexibility index (Phi) is 5.04. The first kappa shape index (κ1) is 16.0. The lowest BCUT2D eigenvalue weighted by atomic mass is 9.82. The minimum atomic E-state index is -0.0432. The highest BCUT2D eigenvalue weighted by Gasteiger charge is 2.38. The van der Waals surface area contributed by atoms with Gasteiger partial charge < -0.3 is 4.74 Å². The summed E-state index contributed by atoms with van der Waals surface area (Å²) in [5.41, 5.74) is 1.18. The number of hydrogen-bond donors (Lipinski definition) is 0. The fourth-order valence-electron chi connectivity index (χ4n) is 3.29. The predicted molar refractivity (Wildman–Crippen MR) is 86.0 cm³/mol. The fraction of sp³-hybridized carbons (Fsp3) is 0.611. The highest BCUT2D eigenvalue weighted by Crippen LogP contribution is 2.38. The number of carbonyl (C=O) groups is 1. The molecule has 1 aliphatic heterocycles. The predicted octanol–water partition coefficient (Wildman–Crippen LogP) is 3.78. The van der Waals surface area contributed by atoms with Gasteiger partial charge in [0.2, 0.25) is 0 Å². The van der Waals surface area contributed by atoms with Gasteiger partial charge in [-0.05, 0) is 62.4 Å². The Labute approximate surface area is 128 Å². The van der Waals surface area contributed by atoms with Gasteiger partial charge in [0.1, 0.15) is 5.75 Å². The third-order valence-corrected chi connectivity index (χ3v) is 5.27. The quantitative estimate of drug-likeness (QED) is 0.746. The van der Waals surface area contributed by atoms with Crippen molar-refractivity contribution in [2.45, 2.75) is 46.1 Å². The molecule has 1 aromatic rings. The molecule has 0 spiro atoms. The van der Waals surface area contributed by atoms with Crippen molar-refractivity contribution in [3.05, 3.63) is 29.8 Å². The highest BCUT2D eigenvalue weighted by atomic mass is 16.5. The van der Waals surface area contributed by atoms with Crippen molar-refractivity contribution in [1.82, 2.24) is 4.90 Å². The molecule has 0 aromatic heterocycles. The standard InChI is InChI=1S/C18H27NO2/c1-5-18(6-2)11-12-19(13-18)14(3)17(20)15-7-9-16(21-4)10-8-15/h7-10,14H,5-6,11-13H2,1-4H3. The Balaban J connectivity index is 2.06. The summed E-state index contributed by atoms with van der Waals surface area (Å²) in [6.07, 6.45) is 3.60. The van der Waals surface area contributed by atoms with E-state index < -0.39 is 0 Å². The first-order valence-corrected chi connectivity index (χ1v) is 7.97. The lowest BCUT2D eigenvalue weighted by molar-refractivity contribution is 0.0850. The lowest BCUT2D eigenvalue weighted by Crippen LogP contribution is -2.38. The molecule has 0 radical (unpaired) electrons. The summed E-state index contributed by atoms with van der Waals surface area (Å²) in [5, 5.41) is 0. The molecule has 1 fully saturated rings. The number of rotatable bonds is 6. The lowest BCUT2D eigenvalue weighted by Gasteiger charge is -2.29. The van der Waals surface area contributed by atoms with Gasteiger partial charge in [-0.1, -0.05) is 13.8 Å². The van der Waals surface area contributed by atoms with E-state index in [1.165, 1.54) is 19.3 Å². The van der Waals surface area contributed by atoms with E-state index in [-0.39, 0.29) is 11.8 Å². The molecule has 0 aliphatic carbocycles. The van der Waals surface area contributed by atoms with Crippen LogP contribution in [0.4, 0.5) is 0 Å². The van der Waals surface area contributed by atoms with Gasteiger partial charge in [0.15, 0.2) is 5.78 Å². The molecule has 2 rings (SSSR count). The normalized spacial score (nSPS) is 19.4. The molecule has 0 N–H and O–H groups in total. The molecule has 116 valence electrons. The van der Waals surface area contributed by atoms with E-state index in [0.717, 1.165) is 24.4 Å². The van der Waals surface area contributed by atoms with Crippen LogP contribution in [0.3, 0.4) is 0 Å². The molecule has 1 unspecified atom stereocenters. The van der Waals surface area contributed by atoms with Crippen LogP contribution in [0.5, 0.6) is 5.75 Å². The molecule has 1 atom stereocenters. The molecule has 0 amide bonds. The molecule has 0 saturated carbocycles. The number of benzene rings is 1. The zero-order valence-electron chi connectivity index (χ0n) is 13.7. The maximum Gasteiger partial charge on any atom is 0.179 e. The van der Waals surface area contributed by atoms with Crippen LogP contribution < -0.4 is 4.74 Å².